The van der Waals surface area contributed by atoms with Crippen molar-refractivity contribution in [3.63, 3.8) is 0 Å². The number of nitrogens with zero attached hydrogens (tertiary/aromatic N) is 1. The van der Waals surface area contributed by atoms with Crippen LogP contribution in [0.2, 0.25) is 0 Å². The average Bonchev–Trinajstić information content (AvgIpc) is 3.28. The number of Topliss-reactive ketones (excluding diaryl/α,β-unsaturated/α-hetero) is 1. The second-order valence-electron chi connectivity index (χ2n) is 7.68. The molecule has 1 aromatic heterocycles. The van der Waals surface area contributed by atoms with E-state index in [-0.39, 0.29) is 24.3 Å². The van der Waals surface area contributed by atoms with E-state index in [0.717, 1.165) is 28.8 Å². The summed E-state index contributed by atoms with van der Waals surface area (Å²) in [5.41, 5.74) is 2.36. The molecular weight excluding hydrogens is 410 g/mol. The van der Waals surface area contributed by atoms with Crippen molar-refractivity contribution >= 4 is 28.7 Å². The van der Waals surface area contributed by atoms with E-state index in [9.17, 15) is 9.59 Å². The van der Waals surface area contributed by atoms with Gasteiger partial charge in [-0.3, -0.25) is 4.79 Å². The zero-order valence-electron chi connectivity index (χ0n) is 18.5. The van der Waals surface area contributed by atoms with E-state index in [4.69, 9.17) is 18.9 Å². The third kappa shape index (κ3) is 4.19. The number of ketones is 1. The lowest BCUT2D eigenvalue weighted by Gasteiger charge is -2.09. The lowest BCUT2D eigenvalue weighted by atomic mass is 10.1. The molecule has 0 fully saturated rings. The first-order chi connectivity index (χ1) is 15.4. The Kier molecular flexibility index (Phi) is 5.90. The Balaban J connectivity index is 1.59. The number of hydrogen-bond acceptors (Lipinski definition) is 6. The van der Waals surface area contributed by atoms with Crippen LogP contribution in [-0.2, 0) is 16.1 Å². The SMILES string of the molecule is CCn1cc(C=C2Oc3cc(OCC(=O)OC(C)C)ccc3C2=O)c2cc(OC)ccc21. The molecule has 3 aromatic rings. The van der Waals surface area contributed by atoms with Gasteiger partial charge in [0.25, 0.3) is 0 Å². The smallest absolute Gasteiger partial charge is 0.344 e. The average molecular weight is 435 g/mol. The second-order valence-corrected chi connectivity index (χ2v) is 7.68. The van der Waals surface area contributed by atoms with Gasteiger partial charge in [0.1, 0.15) is 17.2 Å². The summed E-state index contributed by atoms with van der Waals surface area (Å²) >= 11 is 0. The summed E-state index contributed by atoms with van der Waals surface area (Å²) in [4.78, 5) is 24.6. The molecule has 7 nitrogen and oxygen atoms in total. The molecule has 0 spiro atoms. The number of carbonyl (C=O) groups is 2. The van der Waals surface area contributed by atoms with Crippen molar-refractivity contribution in [3.8, 4) is 17.2 Å². The highest BCUT2D eigenvalue weighted by atomic mass is 16.6. The maximum Gasteiger partial charge on any atom is 0.344 e. The minimum atomic E-state index is -0.458. The number of aryl methyl sites for hydroxylation is 1. The fourth-order valence-corrected chi connectivity index (χ4v) is 3.64. The Morgan fingerprint density at radius 2 is 1.94 bits per heavy atom. The topological polar surface area (TPSA) is 76.0 Å². The maximum absolute atomic E-state index is 12.9. The van der Waals surface area contributed by atoms with E-state index in [1.54, 1.807) is 45.2 Å². The highest BCUT2D eigenvalue weighted by Crippen LogP contribution is 2.36. The van der Waals surface area contributed by atoms with Crippen LogP contribution in [0.3, 0.4) is 0 Å². The minimum absolute atomic E-state index is 0.203. The maximum atomic E-state index is 12.9. The number of allylic oxidation sites excluding steroid dienone is 1. The third-order valence-corrected chi connectivity index (χ3v) is 5.11. The molecule has 0 aliphatic carbocycles. The Morgan fingerprint density at radius 1 is 1.16 bits per heavy atom. The van der Waals surface area contributed by atoms with E-state index in [1.807, 2.05) is 24.4 Å². The molecule has 0 amide bonds. The van der Waals surface area contributed by atoms with Crippen molar-refractivity contribution in [2.45, 2.75) is 33.4 Å². The van der Waals surface area contributed by atoms with Gasteiger partial charge in [-0.2, -0.15) is 0 Å². The summed E-state index contributed by atoms with van der Waals surface area (Å²) in [7, 11) is 1.62. The second kappa shape index (κ2) is 8.78. The lowest BCUT2D eigenvalue weighted by molar-refractivity contribution is -0.149. The summed E-state index contributed by atoms with van der Waals surface area (Å²) in [5, 5.41) is 0.971. The van der Waals surface area contributed by atoms with Gasteiger partial charge < -0.3 is 23.5 Å². The molecule has 166 valence electrons. The number of rotatable bonds is 7. The number of esters is 1. The van der Waals surface area contributed by atoms with Crippen LogP contribution < -0.4 is 14.2 Å². The standard InChI is InChI=1S/C25H25NO6/c1-5-26-13-16(20-11-17(29-4)7-9-21(20)26)10-23-25(28)19-8-6-18(12-22(19)32-23)30-14-24(27)31-15(2)3/h6-13,15H,5,14H2,1-4H3. The molecule has 0 radical (unpaired) electrons. The molecule has 0 saturated heterocycles. The van der Waals surface area contributed by atoms with E-state index >= 15 is 0 Å². The van der Waals surface area contributed by atoms with Crippen LogP contribution >= 0.6 is 0 Å². The molecule has 0 N–H and O–H groups in total. The van der Waals surface area contributed by atoms with Crippen LogP contribution in [0, 0.1) is 0 Å². The summed E-state index contributed by atoms with van der Waals surface area (Å²) in [6.45, 7) is 6.18. The number of methoxy groups -OCH3 is 1. The van der Waals surface area contributed by atoms with Gasteiger partial charge in [0.05, 0.1) is 18.8 Å². The molecule has 1 aliphatic rings. The van der Waals surface area contributed by atoms with Gasteiger partial charge in [0, 0.05) is 35.3 Å². The Labute approximate surface area is 186 Å². The number of benzene rings is 2. The van der Waals surface area contributed by atoms with Crippen LogP contribution in [0.15, 0.2) is 48.4 Å². The van der Waals surface area contributed by atoms with Gasteiger partial charge in [-0.25, -0.2) is 4.79 Å². The van der Waals surface area contributed by atoms with Gasteiger partial charge in [0.15, 0.2) is 12.4 Å². The van der Waals surface area contributed by atoms with Gasteiger partial charge in [-0.15, -0.1) is 0 Å². The zero-order chi connectivity index (χ0) is 22.8. The fourth-order valence-electron chi connectivity index (χ4n) is 3.64. The summed E-state index contributed by atoms with van der Waals surface area (Å²) < 4.78 is 23.9. The van der Waals surface area contributed by atoms with Crippen molar-refractivity contribution < 1.29 is 28.5 Å². The predicted molar refractivity (Wildman–Crippen MR) is 120 cm³/mol. The summed E-state index contributed by atoms with van der Waals surface area (Å²) in [6, 6.07) is 10.7. The quantitative estimate of drug-likeness (QED) is 0.398. The zero-order valence-corrected chi connectivity index (χ0v) is 18.5. The predicted octanol–water partition coefficient (Wildman–Crippen LogP) is 4.62. The molecule has 4 rings (SSSR count). The number of ether oxygens (including phenoxy) is 4. The van der Waals surface area contributed by atoms with Crippen LogP contribution in [0.4, 0.5) is 0 Å². The van der Waals surface area contributed by atoms with E-state index < -0.39 is 5.97 Å². The highest BCUT2D eigenvalue weighted by molar-refractivity contribution is 6.15. The molecule has 0 saturated carbocycles. The summed E-state index contributed by atoms with van der Waals surface area (Å²) in [5.74, 6) is 1.13. The van der Waals surface area contributed by atoms with Crippen molar-refractivity contribution in [1.82, 2.24) is 4.57 Å². The van der Waals surface area contributed by atoms with Gasteiger partial charge >= 0.3 is 5.97 Å². The lowest BCUT2D eigenvalue weighted by Crippen LogP contribution is -2.18. The first-order valence-electron chi connectivity index (χ1n) is 10.5. The number of aromatic nitrogens is 1. The van der Waals surface area contributed by atoms with Crippen LogP contribution in [-0.4, -0.2) is 36.1 Å². The molecular formula is C25H25NO6. The van der Waals surface area contributed by atoms with Crippen molar-refractivity contribution in [1.29, 1.82) is 0 Å². The van der Waals surface area contributed by atoms with E-state index in [1.165, 1.54) is 0 Å². The molecule has 0 bridgehead atoms. The monoisotopic (exact) mass is 435 g/mol. The Morgan fingerprint density at radius 3 is 2.66 bits per heavy atom. The van der Waals surface area contributed by atoms with Gasteiger partial charge in [0.2, 0.25) is 5.78 Å². The normalized spacial score (nSPS) is 14.0. The third-order valence-electron chi connectivity index (χ3n) is 5.11. The van der Waals surface area contributed by atoms with Crippen molar-refractivity contribution in [3.05, 3.63) is 59.5 Å². The molecule has 1 aliphatic heterocycles. The largest absolute Gasteiger partial charge is 0.497 e. The number of carbonyl (C=O) groups excluding carboxylic acids is 2. The van der Waals surface area contributed by atoms with Crippen LogP contribution in [0.25, 0.3) is 17.0 Å². The fraction of sp³-hybridized carbons (Fsp3) is 0.280. The molecule has 2 heterocycles. The number of hydrogen-bond donors (Lipinski definition) is 0. The van der Waals surface area contributed by atoms with Crippen LogP contribution in [0.5, 0.6) is 17.2 Å². The molecule has 0 unspecified atom stereocenters. The first-order valence-corrected chi connectivity index (χ1v) is 10.5. The number of fused-ring (bicyclic) bond motifs is 2. The Bertz CT molecular complexity index is 1220. The van der Waals surface area contributed by atoms with Crippen molar-refractivity contribution in [2.24, 2.45) is 0 Å². The molecule has 32 heavy (non-hydrogen) atoms. The van der Waals surface area contributed by atoms with Gasteiger partial charge in [-0.1, -0.05) is 0 Å². The summed E-state index contributed by atoms with van der Waals surface area (Å²) in [6.07, 6.45) is 3.53. The first kappa shape index (κ1) is 21.5. The van der Waals surface area contributed by atoms with Gasteiger partial charge in [-0.05, 0) is 57.2 Å². The molecule has 0 atom stereocenters. The highest BCUT2D eigenvalue weighted by Gasteiger charge is 2.28. The molecule has 2 aromatic carbocycles. The molecule has 7 heteroatoms. The minimum Gasteiger partial charge on any atom is -0.497 e. The van der Waals surface area contributed by atoms with Crippen molar-refractivity contribution in [2.75, 3.05) is 13.7 Å². The Hall–Kier alpha value is -3.74. The van der Waals surface area contributed by atoms with E-state index in [0.29, 0.717) is 17.1 Å². The van der Waals surface area contributed by atoms with E-state index in [2.05, 4.69) is 11.5 Å². The van der Waals surface area contributed by atoms with Crippen LogP contribution in [0.1, 0.15) is 36.7 Å².